The van der Waals surface area contributed by atoms with Crippen LogP contribution in [0.3, 0.4) is 0 Å². The maximum Gasteiger partial charge on any atom is 0.338 e. The van der Waals surface area contributed by atoms with Crippen LogP contribution in [-0.2, 0) is 0 Å². The van der Waals surface area contributed by atoms with Gasteiger partial charge in [0, 0.05) is 0 Å². The van der Waals surface area contributed by atoms with E-state index in [2.05, 4.69) is 15.4 Å². The van der Waals surface area contributed by atoms with Crippen LogP contribution in [0.15, 0.2) is 12.1 Å². The number of carboxylic acids is 1. The van der Waals surface area contributed by atoms with Crippen molar-refractivity contribution in [1.29, 1.82) is 0 Å². The number of aromatic carboxylic acids is 1. The summed E-state index contributed by atoms with van der Waals surface area (Å²) in [7, 11) is 0. The number of benzene rings is 1. The van der Waals surface area contributed by atoms with Gasteiger partial charge in [0.05, 0.1) is 11.3 Å². The number of nitrogens with two attached hydrogens (primary N) is 1. The first-order chi connectivity index (χ1) is 6.20. The molecule has 1 heterocycles. The molecule has 0 amide bonds. The first-order valence-electron chi connectivity index (χ1n) is 3.52. The second-order valence-electron chi connectivity index (χ2n) is 2.53. The van der Waals surface area contributed by atoms with Crippen LogP contribution >= 0.6 is 0 Å². The van der Waals surface area contributed by atoms with Gasteiger partial charge in [0.1, 0.15) is 11.0 Å². The minimum absolute atomic E-state index is 0.0953. The van der Waals surface area contributed by atoms with Gasteiger partial charge in [0.15, 0.2) is 0 Å². The third kappa shape index (κ3) is 0.994. The molecule has 0 saturated heterocycles. The van der Waals surface area contributed by atoms with Gasteiger partial charge >= 0.3 is 5.97 Å². The zero-order valence-corrected chi connectivity index (χ0v) is 6.48. The average Bonchev–Trinajstić information content (AvgIpc) is 2.53. The molecule has 6 heteroatoms. The average molecular weight is 178 g/mol. The maximum absolute atomic E-state index is 10.7. The summed E-state index contributed by atoms with van der Waals surface area (Å²) in [5, 5.41) is 18.5. The molecule has 1 aromatic heterocycles. The Bertz CT molecular complexity index is 476. The van der Waals surface area contributed by atoms with Crippen LogP contribution in [0.2, 0.25) is 0 Å². The number of rotatable bonds is 1. The summed E-state index contributed by atoms with van der Waals surface area (Å²) in [6.45, 7) is 0. The predicted molar refractivity (Wildman–Crippen MR) is 45.3 cm³/mol. The number of fused-ring (bicyclic) bond motifs is 1. The smallest absolute Gasteiger partial charge is 0.338 e. The fraction of sp³-hybridized carbons (Fsp3) is 0. The quantitative estimate of drug-likeness (QED) is 0.542. The highest BCUT2D eigenvalue weighted by Gasteiger charge is 2.12. The van der Waals surface area contributed by atoms with E-state index >= 15 is 0 Å². The number of nitrogen functional groups attached to an aromatic ring is 1. The Hall–Kier alpha value is -2.11. The van der Waals surface area contributed by atoms with Crippen molar-refractivity contribution in [3.63, 3.8) is 0 Å². The van der Waals surface area contributed by atoms with Crippen molar-refractivity contribution in [3.05, 3.63) is 17.7 Å². The van der Waals surface area contributed by atoms with E-state index in [4.69, 9.17) is 10.8 Å². The molecule has 4 N–H and O–H groups in total. The van der Waals surface area contributed by atoms with Gasteiger partial charge in [-0.25, -0.2) is 4.79 Å². The SMILES string of the molecule is Nc1ccc(C(=O)O)c2n[nH]nc12. The summed E-state index contributed by atoms with van der Waals surface area (Å²) >= 11 is 0. The van der Waals surface area contributed by atoms with E-state index in [-0.39, 0.29) is 11.1 Å². The van der Waals surface area contributed by atoms with Gasteiger partial charge in [-0.3, -0.25) is 0 Å². The normalized spacial score (nSPS) is 10.5. The summed E-state index contributed by atoms with van der Waals surface area (Å²) in [5.41, 5.74) is 6.73. The molecule has 66 valence electrons. The maximum atomic E-state index is 10.7. The summed E-state index contributed by atoms with van der Waals surface area (Å²) in [4.78, 5) is 10.7. The zero-order chi connectivity index (χ0) is 9.42. The van der Waals surface area contributed by atoms with Crippen molar-refractivity contribution in [1.82, 2.24) is 15.4 Å². The molecule has 1 aromatic carbocycles. The molecular weight excluding hydrogens is 172 g/mol. The number of carbonyl (C=O) groups is 1. The topological polar surface area (TPSA) is 105 Å². The number of H-pyrrole nitrogens is 1. The predicted octanol–water partition coefficient (Wildman–Crippen LogP) is 0.238. The van der Waals surface area contributed by atoms with E-state index in [9.17, 15) is 4.79 Å². The van der Waals surface area contributed by atoms with Gasteiger partial charge in [-0.05, 0) is 12.1 Å². The van der Waals surface area contributed by atoms with Gasteiger partial charge in [0.2, 0.25) is 0 Å². The van der Waals surface area contributed by atoms with Crippen LogP contribution in [0.5, 0.6) is 0 Å². The monoisotopic (exact) mass is 178 g/mol. The molecule has 0 aliphatic rings. The number of nitrogens with one attached hydrogen (secondary N) is 1. The molecule has 0 aliphatic carbocycles. The summed E-state index contributed by atoms with van der Waals surface area (Å²) in [6.07, 6.45) is 0. The molecule has 0 unspecified atom stereocenters. The summed E-state index contributed by atoms with van der Waals surface area (Å²) in [5.74, 6) is -1.04. The number of carboxylic acid groups (broad SMARTS) is 1. The van der Waals surface area contributed by atoms with Crippen molar-refractivity contribution < 1.29 is 9.90 Å². The van der Waals surface area contributed by atoms with E-state index in [1.807, 2.05) is 0 Å². The zero-order valence-electron chi connectivity index (χ0n) is 6.48. The van der Waals surface area contributed by atoms with E-state index in [1.54, 1.807) is 0 Å². The molecule has 2 aromatic rings. The Balaban J connectivity index is 2.86. The molecule has 2 rings (SSSR count). The molecule has 0 spiro atoms. The molecule has 0 aliphatic heterocycles. The molecule has 13 heavy (non-hydrogen) atoms. The largest absolute Gasteiger partial charge is 0.478 e. The fourth-order valence-corrected chi connectivity index (χ4v) is 1.12. The van der Waals surface area contributed by atoms with Crippen LogP contribution in [0, 0.1) is 0 Å². The summed E-state index contributed by atoms with van der Waals surface area (Å²) < 4.78 is 0. The van der Waals surface area contributed by atoms with Crippen molar-refractivity contribution in [2.24, 2.45) is 0 Å². The molecular formula is C7H6N4O2. The van der Waals surface area contributed by atoms with E-state index in [0.29, 0.717) is 11.2 Å². The fourth-order valence-electron chi connectivity index (χ4n) is 1.12. The first-order valence-corrected chi connectivity index (χ1v) is 3.52. The Morgan fingerprint density at radius 2 is 2.08 bits per heavy atom. The van der Waals surface area contributed by atoms with Gasteiger partial charge in [-0.2, -0.15) is 15.4 Å². The van der Waals surface area contributed by atoms with Gasteiger partial charge in [0.25, 0.3) is 0 Å². The molecule has 0 atom stereocenters. The van der Waals surface area contributed by atoms with Crippen molar-refractivity contribution in [2.75, 3.05) is 5.73 Å². The standard InChI is InChI=1S/C7H6N4O2/c8-4-2-1-3(7(12)13)5-6(4)10-11-9-5/h1-2H,8H2,(H,12,13)(H,9,10,11). The molecule has 0 radical (unpaired) electrons. The second kappa shape index (κ2) is 2.44. The summed E-state index contributed by atoms with van der Waals surface area (Å²) in [6, 6.07) is 2.90. The van der Waals surface area contributed by atoms with Gasteiger partial charge in [-0.1, -0.05) is 0 Å². The lowest BCUT2D eigenvalue weighted by molar-refractivity contribution is 0.0699. The highest BCUT2D eigenvalue weighted by Crippen LogP contribution is 2.19. The Morgan fingerprint density at radius 1 is 1.38 bits per heavy atom. The lowest BCUT2D eigenvalue weighted by atomic mass is 10.1. The van der Waals surface area contributed by atoms with Crippen molar-refractivity contribution >= 4 is 22.7 Å². The van der Waals surface area contributed by atoms with Crippen LogP contribution in [0.4, 0.5) is 5.69 Å². The number of hydrogen-bond acceptors (Lipinski definition) is 4. The number of hydrogen-bond donors (Lipinski definition) is 3. The third-order valence-corrected chi connectivity index (χ3v) is 1.74. The van der Waals surface area contributed by atoms with Crippen LogP contribution in [0.1, 0.15) is 10.4 Å². The van der Waals surface area contributed by atoms with Gasteiger partial charge in [-0.15, -0.1) is 0 Å². The van der Waals surface area contributed by atoms with Crippen LogP contribution in [-0.4, -0.2) is 26.5 Å². The molecule has 0 fully saturated rings. The molecule has 0 bridgehead atoms. The Kier molecular flexibility index (Phi) is 1.42. The van der Waals surface area contributed by atoms with Gasteiger partial charge < -0.3 is 10.8 Å². The highest BCUT2D eigenvalue weighted by molar-refractivity contribution is 6.03. The first kappa shape index (κ1) is 7.53. The van der Waals surface area contributed by atoms with Crippen molar-refractivity contribution in [3.8, 4) is 0 Å². The van der Waals surface area contributed by atoms with Crippen molar-refractivity contribution in [2.45, 2.75) is 0 Å². The van der Waals surface area contributed by atoms with E-state index in [0.717, 1.165) is 0 Å². The Labute approximate surface area is 72.4 Å². The Morgan fingerprint density at radius 3 is 2.77 bits per heavy atom. The van der Waals surface area contributed by atoms with Crippen LogP contribution < -0.4 is 5.73 Å². The second-order valence-corrected chi connectivity index (χ2v) is 2.53. The highest BCUT2D eigenvalue weighted by atomic mass is 16.4. The third-order valence-electron chi connectivity index (χ3n) is 1.74. The number of anilines is 1. The molecule has 0 saturated carbocycles. The van der Waals surface area contributed by atoms with E-state index < -0.39 is 5.97 Å². The number of aromatic nitrogens is 3. The lowest BCUT2D eigenvalue weighted by Gasteiger charge is -1.96. The molecule has 6 nitrogen and oxygen atoms in total. The lowest BCUT2D eigenvalue weighted by Crippen LogP contribution is -1.98. The number of aromatic amines is 1. The van der Waals surface area contributed by atoms with Crippen LogP contribution in [0.25, 0.3) is 11.0 Å². The minimum Gasteiger partial charge on any atom is -0.478 e. The van der Waals surface area contributed by atoms with E-state index in [1.165, 1.54) is 12.1 Å². The number of nitrogens with zero attached hydrogens (tertiary/aromatic N) is 2. The minimum atomic E-state index is -1.04.